The third-order valence-corrected chi connectivity index (χ3v) is 1.88. The Morgan fingerprint density at radius 2 is 2.08 bits per heavy atom. The number of aliphatic hydroxyl groups excluding tert-OH is 1. The van der Waals surface area contributed by atoms with Gasteiger partial charge in [-0.25, -0.2) is 0 Å². The van der Waals surface area contributed by atoms with Crippen LogP contribution in [-0.4, -0.2) is 28.0 Å². The average Bonchev–Trinajstić information content (AvgIpc) is 2.02. The number of carbonyl (C=O) groups is 1. The number of carboxylic acid groups (broad SMARTS) is 1. The molecule has 4 nitrogen and oxygen atoms in total. The van der Waals surface area contributed by atoms with Crippen LogP contribution in [0.15, 0.2) is 12.2 Å². The fraction of sp³-hybridized carbons (Fsp3) is 0.556. The van der Waals surface area contributed by atoms with E-state index in [1.807, 2.05) is 0 Å². The quantitative estimate of drug-likeness (QED) is 0.560. The summed E-state index contributed by atoms with van der Waals surface area (Å²) in [7, 11) is 0. The van der Waals surface area contributed by atoms with Crippen LogP contribution in [0.4, 0.5) is 0 Å². The number of aliphatic hydroxyl groups is 1. The minimum absolute atomic E-state index is 0.102. The van der Waals surface area contributed by atoms with E-state index in [1.165, 1.54) is 13.8 Å². The van der Waals surface area contributed by atoms with E-state index in [1.54, 1.807) is 0 Å². The van der Waals surface area contributed by atoms with Gasteiger partial charge in [-0.05, 0) is 18.9 Å². The maximum atomic E-state index is 10.4. The molecule has 0 saturated heterocycles. The predicted octanol–water partition coefficient (Wildman–Crippen LogP) is 1.05. The SMILES string of the molecule is C=C(C(C)=N)C(O)CC(C)C(=O)O. The van der Waals surface area contributed by atoms with Gasteiger partial charge >= 0.3 is 5.97 Å². The number of hydrogen-bond acceptors (Lipinski definition) is 3. The summed E-state index contributed by atoms with van der Waals surface area (Å²) in [5.41, 5.74) is 0.471. The zero-order valence-corrected chi connectivity index (χ0v) is 7.87. The topological polar surface area (TPSA) is 81.4 Å². The highest BCUT2D eigenvalue weighted by Gasteiger charge is 2.18. The molecule has 0 saturated carbocycles. The molecular weight excluding hydrogens is 170 g/mol. The molecule has 0 aromatic carbocycles. The lowest BCUT2D eigenvalue weighted by molar-refractivity contribution is -0.141. The summed E-state index contributed by atoms with van der Waals surface area (Å²) in [6.07, 6.45) is -0.826. The third kappa shape index (κ3) is 3.85. The van der Waals surface area contributed by atoms with Crippen LogP contribution < -0.4 is 0 Å². The van der Waals surface area contributed by atoms with Crippen molar-refractivity contribution in [1.82, 2.24) is 0 Å². The standard InChI is InChI=1S/C9H15NO3/c1-5(9(12)13)4-8(11)6(2)7(3)10/h5,8,10-11H,2,4H2,1,3H3,(H,12,13). The second-order valence-electron chi connectivity index (χ2n) is 3.14. The zero-order valence-electron chi connectivity index (χ0n) is 7.87. The van der Waals surface area contributed by atoms with Gasteiger partial charge in [0.25, 0.3) is 0 Å². The molecule has 13 heavy (non-hydrogen) atoms. The maximum absolute atomic E-state index is 10.4. The molecule has 4 heteroatoms. The van der Waals surface area contributed by atoms with E-state index in [9.17, 15) is 9.90 Å². The summed E-state index contributed by atoms with van der Waals surface area (Å²) in [5.74, 6) is -1.57. The highest BCUT2D eigenvalue weighted by molar-refractivity contribution is 5.96. The molecule has 2 atom stereocenters. The largest absolute Gasteiger partial charge is 0.481 e. The van der Waals surface area contributed by atoms with Gasteiger partial charge in [-0.3, -0.25) is 4.79 Å². The minimum atomic E-state index is -0.950. The normalized spacial score (nSPS) is 14.7. The summed E-state index contributed by atoms with van der Waals surface area (Å²) in [6.45, 7) is 6.52. The molecule has 3 N–H and O–H groups in total. The smallest absolute Gasteiger partial charge is 0.306 e. The van der Waals surface area contributed by atoms with E-state index in [4.69, 9.17) is 10.5 Å². The van der Waals surface area contributed by atoms with Crippen LogP contribution in [0.25, 0.3) is 0 Å². The molecule has 0 spiro atoms. The molecule has 0 aliphatic heterocycles. The highest BCUT2D eigenvalue weighted by atomic mass is 16.4. The summed E-state index contributed by atoms with van der Waals surface area (Å²) in [5, 5.41) is 25.1. The molecule has 0 aliphatic rings. The Morgan fingerprint density at radius 3 is 2.38 bits per heavy atom. The van der Waals surface area contributed by atoms with Gasteiger partial charge in [-0.15, -0.1) is 0 Å². The van der Waals surface area contributed by atoms with E-state index in [0.717, 1.165) is 0 Å². The van der Waals surface area contributed by atoms with Crippen LogP contribution >= 0.6 is 0 Å². The van der Waals surface area contributed by atoms with Crippen molar-refractivity contribution in [3.05, 3.63) is 12.2 Å². The fourth-order valence-electron chi connectivity index (χ4n) is 0.828. The number of carboxylic acids is 1. The first kappa shape index (κ1) is 11.8. The minimum Gasteiger partial charge on any atom is -0.481 e. The summed E-state index contributed by atoms with van der Waals surface area (Å²) >= 11 is 0. The summed E-state index contributed by atoms with van der Waals surface area (Å²) in [6, 6.07) is 0. The lowest BCUT2D eigenvalue weighted by Crippen LogP contribution is -2.21. The van der Waals surface area contributed by atoms with Crippen molar-refractivity contribution in [1.29, 1.82) is 5.41 Å². The van der Waals surface area contributed by atoms with E-state index in [2.05, 4.69) is 6.58 Å². The van der Waals surface area contributed by atoms with Gasteiger partial charge in [-0.1, -0.05) is 13.5 Å². The van der Waals surface area contributed by atoms with E-state index in [-0.39, 0.29) is 17.7 Å². The Labute approximate surface area is 77.4 Å². The molecular formula is C9H15NO3. The summed E-state index contributed by atoms with van der Waals surface area (Å²) in [4.78, 5) is 10.4. The Balaban J connectivity index is 4.15. The van der Waals surface area contributed by atoms with Crippen molar-refractivity contribution in [2.45, 2.75) is 26.4 Å². The molecule has 0 aromatic heterocycles. The molecule has 2 unspecified atom stereocenters. The number of hydrogen-bond donors (Lipinski definition) is 3. The molecule has 0 radical (unpaired) electrons. The Kier molecular flexibility index (Phi) is 4.34. The average molecular weight is 185 g/mol. The molecule has 0 aromatic rings. The van der Waals surface area contributed by atoms with E-state index >= 15 is 0 Å². The van der Waals surface area contributed by atoms with Gasteiger partial charge in [0.15, 0.2) is 0 Å². The van der Waals surface area contributed by atoms with Crippen molar-refractivity contribution >= 4 is 11.7 Å². The molecule has 74 valence electrons. The van der Waals surface area contributed by atoms with E-state index in [0.29, 0.717) is 0 Å². The highest BCUT2D eigenvalue weighted by Crippen LogP contribution is 2.12. The second-order valence-corrected chi connectivity index (χ2v) is 3.14. The van der Waals surface area contributed by atoms with Crippen molar-refractivity contribution in [3.8, 4) is 0 Å². The Morgan fingerprint density at radius 1 is 1.62 bits per heavy atom. The molecule has 0 bridgehead atoms. The maximum Gasteiger partial charge on any atom is 0.306 e. The first-order chi connectivity index (χ1) is 5.86. The van der Waals surface area contributed by atoms with Crippen LogP contribution in [-0.2, 0) is 4.79 Å². The van der Waals surface area contributed by atoms with Gasteiger partial charge < -0.3 is 15.6 Å². The van der Waals surface area contributed by atoms with Crippen molar-refractivity contribution < 1.29 is 15.0 Å². The van der Waals surface area contributed by atoms with E-state index < -0.39 is 18.0 Å². The van der Waals surface area contributed by atoms with Gasteiger partial charge in [0.2, 0.25) is 0 Å². The lowest BCUT2D eigenvalue weighted by atomic mass is 9.97. The van der Waals surface area contributed by atoms with Crippen LogP contribution in [0.1, 0.15) is 20.3 Å². The number of rotatable bonds is 5. The molecule has 0 heterocycles. The molecule has 0 rings (SSSR count). The van der Waals surface area contributed by atoms with Crippen molar-refractivity contribution in [2.24, 2.45) is 5.92 Å². The van der Waals surface area contributed by atoms with Crippen LogP contribution in [0.3, 0.4) is 0 Å². The molecule has 0 aliphatic carbocycles. The first-order valence-corrected chi connectivity index (χ1v) is 4.01. The van der Waals surface area contributed by atoms with Gasteiger partial charge in [0, 0.05) is 5.71 Å². The van der Waals surface area contributed by atoms with Gasteiger partial charge in [-0.2, -0.15) is 0 Å². The molecule has 0 fully saturated rings. The monoisotopic (exact) mass is 185 g/mol. The fourth-order valence-corrected chi connectivity index (χ4v) is 0.828. The summed E-state index contributed by atoms with van der Waals surface area (Å²) < 4.78 is 0. The first-order valence-electron chi connectivity index (χ1n) is 4.01. The van der Waals surface area contributed by atoms with Gasteiger partial charge in [0.1, 0.15) is 0 Å². The van der Waals surface area contributed by atoms with Crippen LogP contribution in [0, 0.1) is 11.3 Å². The second kappa shape index (κ2) is 4.77. The number of nitrogens with one attached hydrogen (secondary N) is 1. The lowest BCUT2D eigenvalue weighted by Gasteiger charge is -2.14. The third-order valence-electron chi connectivity index (χ3n) is 1.88. The van der Waals surface area contributed by atoms with Gasteiger partial charge in [0.05, 0.1) is 12.0 Å². The predicted molar refractivity (Wildman–Crippen MR) is 50.0 cm³/mol. The molecule has 0 amide bonds. The van der Waals surface area contributed by atoms with Crippen LogP contribution in [0.2, 0.25) is 0 Å². The Bertz CT molecular complexity index is 235. The van der Waals surface area contributed by atoms with Crippen molar-refractivity contribution in [2.75, 3.05) is 0 Å². The van der Waals surface area contributed by atoms with Crippen LogP contribution in [0.5, 0.6) is 0 Å². The Hall–Kier alpha value is -1.16. The number of aliphatic carboxylic acids is 1. The van der Waals surface area contributed by atoms with Crippen molar-refractivity contribution in [3.63, 3.8) is 0 Å². The zero-order chi connectivity index (χ0) is 10.6.